The number of hydrogen-bond acceptors (Lipinski definition) is 4. The van der Waals surface area contributed by atoms with Crippen molar-refractivity contribution < 1.29 is 19.1 Å². The van der Waals surface area contributed by atoms with Crippen LogP contribution in [-0.4, -0.2) is 25.0 Å². The molecule has 0 spiro atoms. The second-order valence-corrected chi connectivity index (χ2v) is 9.25. The maximum atomic E-state index is 12.0. The van der Waals surface area contributed by atoms with Crippen LogP contribution in [0.5, 0.6) is 11.5 Å². The molecule has 0 atom stereocenters. The molecule has 2 aromatic carbocycles. The van der Waals surface area contributed by atoms with Gasteiger partial charge in [-0.2, -0.15) is 0 Å². The van der Waals surface area contributed by atoms with Crippen molar-refractivity contribution in [2.24, 2.45) is 0 Å². The zero-order chi connectivity index (χ0) is 21.6. The van der Waals surface area contributed by atoms with Crippen molar-refractivity contribution in [3.63, 3.8) is 0 Å². The number of hydrazine groups is 1. The zero-order valence-electron chi connectivity index (χ0n) is 16.8. The lowest BCUT2D eigenvalue weighted by atomic mass is 9.86. The van der Waals surface area contributed by atoms with Gasteiger partial charge in [-0.15, -0.1) is 0 Å². The van der Waals surface area contributed by atoms with Crippen LogP contribution in [0.15, 0.2) is 45.3 Å². The standard InChI is InChI=1S/C21H24Br2N2O4/c1-13-9-15(6-7-17(13)23)28-11-19(26)24-25-20(27)12-29-18-8-5-14(22)10-16(18)21(2,3)4/h5-10H,11-12H2,1-4H3,(H,24,26)(H,25,27). The molecular formula is C21H24Br2N2O4. The molecule has 2 N–H and O–H groups in total. The normalized spacial score (nSPS) is 11.0. The number of aryl methyl sites for hydroxylation is 1. The van der Waals surface area contributed by atoms with E-state index in [1.807, 2.05) is 37.3 Å². The van der Waals surface area contributed by atoms with Crippen LogP contribution in [0.25, 0.3) is 0 Å². The van der Waals surface area contributed by atoms with E-state index in [9.17, 15) is 9.59 Å². The van der Waals surface area contributed by atoms with Crippen molar-refractivity contribution >= 4 is 43.7 Å². The second-order valence-electron chi connectivity index (χ2n) is 7.48. The summed E-state index contributed by atoms with van der Waals surface area (Å²) in [6, 6.07) is 11.0. The summed E-state index contributed by atoms with van der Waals surface area (Å²) in [6.45, 7) is 7.67. The van der Waals surface area contributed by atoms with Gasteiger partial charge in [0, 0.05) is 14.5 Å². The quantitative estimate of drug-likeness (QED) is 0.545. The van der Waals surface area contributed by atoms with E-state index >= 15 is 0 Å². The van der Waals surface area contributed by atoms with Crippen LogP contribution in [0.2, 0.25) is 0 Å². The zero-order valence-corrected chi connectivity index (χ0v) is 19.9. The van der Waals surface area contributed by atoms with E-state index in [1.54, 1.807) is 6.07 Å². The first kappa shape index (κ1) is 23.2. The number of hydrogen-bond donors (Lipinski definition) is 2. The molecule has 0 aliphatic rings. The van der Waals surface area contributed by atoms with Crippen LogP contribution >= 0.6 is 31.9 Å². The molecular weight excluding hydrogens is 504 g/mol. The third kappa shape index (κ3) is 7.36. The number of benzene rings is 2. The Bertz CT molecular complexity index is 895. The molecule has 0 radical (unpaired) electrons. The van der Waals surface area contributed by atoms with Crippen molar-refractivity contribution in [1.82, 2.24) is 10.9 Å². The van der Waals surface area contributed by atoms with E-state index < -0.39 is 11.8 Å². The second kappa shape index (κ2) is 10.1. The van der Waals surface area contributed by atoms with Gasteiger partial charge in [0.1, 0.15) is 11.5 Å². The average molecular weight is 528 g/mol. The summed E-state index contributed by atoms with van der Waals surface area (Å²) in [4.78, 5) is 23.9. The Hall–Kier alpha value is -2.06. The molecule has 0 unspecified atom stereocenters. The predicted molar refractivity (Wildman–Crippen MR) is 119 cm³/mol. The van der Waals surface area contributed by atoms with Gasteiger partial charge in [0.25, 0.3) is 11.8 Å². The monoisotopic (exact) mass is 526 g/mol. The van der Waals surface area contributed by atoms with Crippen LogP contribution in [0, 0.1) is 6.92 Å². The van der Waals surface area contributed by atoms with Gasteiger partial charge in [-0.25, -0.2) is 0 Å². The van der Waals surface area contributed by atoms with Gasteiger partial charge < -0.3 is 9.47 Å². The molecule has 0 aliphatic heterocycles. The summed E-state index contributed by atoms with van der Waals surface area (Å²) in [6.07, 6.45) is 0. The molecule has 0 aliphatic carbocycles. The van der Waals surface area contributed by atoms with Crippen LogP contribution in [0.4, 0.5) is 0 Å². The first-order valence-electron chi connectivity index (χ1n) is 8.95. The highest BCUT2D eigenvalue weighted by Gasteiger charge is 2.20. The molecule has 0 aromatic heterocycles. The number of halogens is 2. The van der Waals surface area contributed by atoms with Gasteiger partial charge in [-0.05, 0) is 54.3 Å². The van der Waals surface area contributed by atoms with Crippen molar-refractivity contribution in [2.75, 3.05) is 13.2 Å². The smallest absolute Gasteiger partial charge is 0.276 e. The van der Waals surface area contributed by atoms with Crippen LogP contribution < -0.4 is 20.3 Å². The minimum absolute atomic E-state index is 0.146. The highest BCUT2D eigenvalue weighted by molar-refractivity contribution is 9.10. The predicted octanol–water partition coefficient (Wildman–Crippen LogP) is 4.42. The summed E-state index contributed by atoms with van der Waals surface area (Å²) in [5.41, 5.74) is 6.45. The molecule has 2 rings (SSSR count). The van der Waals surface area contributed by atoms with Gasteiger partial charge in [-0.1, -0.05) is 52.6 Å². The molecule has 29 heavy (non-hydrogen) atoms. The highest BCUT2D eigenvalue weighted by Crippen LogP contribution is 2.33. The number of nitrogens with one attached hydrogen (secondary N) is 2. The Balaban J connectivity index is 1.80. The van der Waals surface area contributed by atoms with Crippen molar-refractivity contribution in [2.45, 2.75) is 33.1 Å². The average Bonchev–Trinajstić information content (AvgIpc) is 2.65. The fraction of sp³-hybridized carbons (Fsp3) is 0.333. The van der Waals surface area contributed by atoms with E-state index in [-0.39, 0.29) is 18.6 Å². The molecule has 0 bridgehead atoms. The van der Waals surface area contributed by atoms with E-state index in [4.69, 9.17) is 9.47 Å². The molecule has 0 saturated carbocycles. The van der Waals surface area contributed by atoms with Crippen molar-refractivity contribution in [1.29, 1.82) is 0 Å². The Morgan fingerprint density at radius 3 is 2.14 bits per heavy atom. The Kier molecular flexibility index (Phi) is 8.10. The number of carbonyl (C=O) groups excluding carboxylic acids is 2. The third-order valence-corrected chi connectivity index (χ3v) is 5.33. The molecule has 0 heterocycles. The summed E-state index contributed by atoms with van der Waals surface area (Å²) >= 11 is 6.86. The maximum absolute atomic E-state index is 12.0. The lowest BCUT2D eigenvalue weighted by Gasteiger charge is -2.23. The Labute approximate surface area is 187 Å². The fourth-order valence-corrected chi connectivity index (χ4v) is 3.03. The number of amides is 2. The molecule has 2 aromatic rings. The van der Waals surface area contributed by atoms with Gasteiger partial charge >= 0.3 is 0 Å². The molecule has 6 nitrogen and oxygen atoms in total. The minimum Gasteiger partial charge on any atom is -0.484 e. The number of ether oxygens (including phenoxy) is 2. The SMILES string of the molecule is Cc1cc(OCC(=O)NNC(=O)COc2ccc(Br)cc2C(C)(C)C)ccc1Br. The van der Waals surface area contributed by atoms with Gasteiger partial charge in [0.15, 0.2) is 13.2 Å². The van der Waals surface area contributed by atoms with E-state index in [0.29, 0.717) is 11.5 Å². The largest absolute Gasteiger partial charge is 0.484 e. The summed E-state index contributed by atoms with van der Waals surface area (Å²) in [7, 11) is 0. The van der Waals surface area contributed by atoms with Gasteiger partial charge in [-0.3, -0.25) is 20.4 Å². The van der Waals surface area contributed by atoms with E-state index in [1.165, 1.54) is 0 Å². The molecule has 8 heteroatoms. The minimum atomic E-state index is -0.474. The lowest BCUT2D eigenvalue weighted by Crippen LogP contribution is -2.45. The molecule has 0 fully saturated rings. The first-order valence-corrected chi connectivity index (χ1v) is 10.5. The first-order chi connectivity index (χ1) is 13.6. The summed E-state index contributed by atoms with van der Waals surface area (Å²) in [5, 5.41) is 0. The van der Waals surface area contributed by atoms with Crippen molar-refractivity contribution in [3.8, 4) is 11.5 Å². The topological polar surface area (TPSA) is 76.7 Å². The number of carbonyl (C=O) groups is 2. The lowest BCUT2D eigenvalue weighted by molar-refractivity contribution is -0.131. The van der Waals surface area contributed by atoms with E-state index in [0.717, 1.165) is 20.1 Å². The van der Waals surface area contributed by atoms with E-state index in [2.05, 4.69) is 63.5 Å². The Morgan fingerprint density at radius 2 is 1.55 bits per heavy atom. The maximum Gasteiger partial charge on any atom is 0.276 e. The summed E-state index contributed by atoms with van der Waals surface area (Å²) < 4.78 is 13.0. The van der Waals surface area contributed by atoms with Crippen LogP contribution in [-0.2, 0) is 15.0 Å². The van der Waals surface area contributed by atoms with Crippen LogP contribution in [0.1, 0.15) is 31.9 Å². The number of rotatable bonds is 6. The van der Waals surface area contributed by atoms with Crippen LogP contribution in [0.3, 0.4) is 0 Å². The highest BCUT2D eigenvalue weighted by atomic mass is 79.9. The van der Waals surface area contributed by atoms with Gasteiger partial charge in [0.2, 0.25) is 0 Å². The van der Waals surface area contributed by atoms with Gasteiger partial charge in [0.05, 0.1) is 0 Å². The Morgan fingerprint density at radius 1 is 0.931 bits per heavy atom. The third-order valence-electron chi connectivity index (χ3n) is 3.95. The molecule has 156 valence electrons. The summed E-state index contributed by atoms with van der Waals surface area (Å²) in [5.74, 6) is 0.245. The van der Waals surface area contributed by atoms with Crippen molar-refractivity contribution in [3.05, 3.63) is 56.5 Å². The molecule has 0 saturated heterocycles. The molecule has 2 amide bonds. The fourth-order valence-electron chi connectivity index (χ4n) is 2.42.